The van der Waals surface area contributed by atoms with Crippen LogP contribution in [0.15, 0.2) is 41.5 Å². The van der Waals surface area contributed by atoms with Crippen molar-refractivity contribution >= 4 is 17.8 Å². The lowest BCUT2D eigenvalue weighted by Gasteiger charge is -2.38. The number of amides is 1. The quantitative estimate of drug-likeness (QED) is 0.721. The first-order valence-electron chi connectivity index (χ1n) is 9.99. The fraction of sp³-hybridized carbons (Fsp3) is 0.500. The number of anilines is 1. The standard InChI is InChI=1S/C18H22N4O3.C2HF3O2/c23-16(14-4-10-24-12-14)22-9-6-18(13-22)5-1-3-15(25-18)11-21-17-19-7-2-8-20-17;3-2(4,5)1(6)7/h2,4,7-8,10,12,15H,1,3,5-6,9,11,13H2,(H,19,20,21);(H,6,7)/t15-,18-;/m1./s1. The Balaban J connectivity index is 0.000000360. The number of aliphatic carboxylic acids is 1. The number of halogens is 3. The molecular formula is C20H23F3N4O5. The van der Waals surface area contributed by atoms with Crippen molar-refractivity contribution in [3.8, 4) is 0 Å². The van der Waals surface area contributed by atoms with Crippen molar-refractivity contribution in [3.05, 3.63) is 42.6 Å². The highest BCUT2D eigenvalue weighted by Crippen LogP contribution is 2.37. The second kappa shape index (κ2) is 9.98. The average molecular weight is 456 g/mol. The molecule has 4 heterocycles. The molecule has 2 N–H and O–H groups in total. The summed E-state index contributed by atoms with van der Waals surface area (Å²) in [5, 5.41) is 10.4. The van der Waals surface area contributed by atoms with Gasteiger partial charge in [0.1, 0.15) is 6.26 Å². The van der Waals surface area contributed by atoms with Crippen LogP contribution in [0.25, 0.3) is 0 Å². The first-order valence-corrected chi connectivity index (χ1v) is 9.99. The summed E-state index contributed by atoms with van der Waals surface area (Å²) in [7, 11) is 0. The zero-order valence-electron chi connectivity index (χ0n) is 17.0. The maximum absolute atomic E-state index is 12.5. The monoisotopic (exact) mass is 456 g/mol. The van der Waals surface area contributed by atoms with Gasteiger partial charge in [0.15, 0.2) is 0 Å². The van der Waals surface area contributed by atoms with E-state index in [4.69, 9.17) is 19.1 Å². The molecule has 2 aromatic rings. The van der Waals surface area contributed by atoms with Gasteiger partial charge < -0.3 is 24.5 Å². The molecule has 9 nitrogen and oxygen atoms in total. The third-order valence-corrected chi connectivity index (χ3v) is 5.24. The lowest BCUT2D eigenvalue weighted by atomic mass is 9.90. The summed E-state index contributed by atoms with van der Waals surface area (Å²) in [4.78, 5) is 31.6. The number of carboxylic acids is 1. The van der Waals surface area contributed by atoms with Crippen molar-refractivity contribution < 1.29 is 37.0 Å². The first kappa shape index (κ1) is 23.5. The lowest BCUT2D eigenvalue weighted by Crippen LogP contribution is -2.45. The number of carboxylic acid groups (broad SMARTS) is 1. The van der Waals surface area contributed by atoms with E-state index >= 15 is 0 Å². The highest BCUT2D eigenvalue weighted by atomic mass is 19.4. The molecule has 2 fully saturated rings. The number of ether oxygens (including phenoxy) is 1. The van der Waals surface area contributed by atoms with Gasteiger partial charge in [-0.3, -0.25) is 4.79 Å². The van der Waals surface area contributed by atoms with Crippen LogP contribution in [0.1, 0.15) is 36.0 Å². The Morgan fingerprint density at radius 3 is 2.62 bits per heavy atom. The molecule has 2 saturated heterocycles. The van der Waals surface area contributed by atoms with Crippen LogP contribution in [-0.4, -0.2) is 69.4 Å². The molecule has 174 valence electrons. The van der Waals surface area contributed by atoms with Gasteiger partial charge in [0.25, 0.3) is 5.91 Å². The Labute approximate surface area is 181 Å². The molecule has 1 amide bonds. The minimum Gasteiger partial charge on any atom is -0.475 e. The topological polar surface area (TPSA) is 118 Å². The number of nitrogens with one attached hydrogen (secondary N) is 1. The molecule has 2 aliphatic heterocycles. The fourth-order valence-corrected chi connectivity index (χ4v) is 3.75. The first-order chi connectivity index (χ1) is 15.2. The van der Waals surface area contributed by atoms with Gasteiger partial charge >= 0.3 is 12.1 Å². The van der Waals surface area contributed by atoms with Crippen molar-refractivity contribution in [3.63, 3.8) is 0 Å². The van der Waals surface area contributed by atoms with E-state index in [2.05, 4.69) is 15.3 Å². The second-order valence-corrected chi connectivity index (χ2v) is 7.56. The van der Waals surface area contributed by atoms with E-state index in [-0.39, 0.29) is 17.6 Å². The smallest absolute Gasteiger partial charge is 0.475 e. The summed E-state index contributed by atoms with van der Waals surface area (Å²) < 4.78 is 43.2. The predicted molar refractivity (Wildman–Crippen MR) is 105 cm³/mol. The molecule has 0 aliphatic carbocycles. The van der Waals surface area contributed by atoms with Gasteiger partial charge in [-0.05, 0) is 37.8 Å². The van der Waals surface area contributed by atoms with E-state index in [1.54, 1.807) is 24.5 Å². The molecule has 2 aromatic heterocycles. The Morgan fingerprint density at radius 1 is 1.28 bits per heavy atom. The number of nitrogens with zero attached hydrogens (tertiary/aromatic N) is 3. The van der Waals surface area contributed by atoms with E-state index < -0.39 is 12.1 Å². The zero-order chi connectivity index (χ0) is 23.2. The number of rotatable bonds is 4. The summed E-state index contributed by atoms with van der Waals surface area (Å²) in [6, 6.07) is 3.50. The molecule has 2 aliphatic rings. The van der Waals surface area contributed by atoms with E-state index in [1.165, 1.54) is 12.5 Å². The van der Waals surface area contributed by atoms with Crippen LogP contribution in [0.4, 0.5) is 19.1 Å². The predicted octanol–water partition coefficient (Wildman–Crippen LogP) is 2.97. The Hall–Kier alpha value is -3.15. The van der Waals surface area contributed by atoms with Crippen LogP contribution < -0.4 is 5.32 Å². The Bertz CT molecular complexity index is 894. The number of carbonyl (C=O) groups is 2. The van der Waals surface area contributed by atoms with Gasteiger partial charge in [0.2, 0.25) is 5.95 Å². The molecule has 1 spiro atoms. The van der Waals surface area contributed by atoms with E-state index in [0.29, 0.717) is 24.6 Å². The number of furan rings is 1. The van der Waals surface area contributed by atoms with Gasteiger partial charge in [0.05, 0.1) is 30.1 Å². The van der Waals surface area contributed by atoms with Crippen molar-refractivity contribution in [1.29, 1.82) is 0 Å². The number of carbonyl (C=O) groups excluding carboxylic acids is 1. The SMILES string of the molecule is O=C(O)C(F)(F)F.O=C(c1ccoc1)N1CC[C@]2(CCC[C@H](CNc3ncccn3)O2)C1. The van der Waals surface area contributed by atoms with Crippen LogP contribution >= 0.6 is 0 Å². The van der Waals surface area contributed by atoms with Crippen molar-refractivity contribution in [2.45, 2.75) is 43.6 Å². The molecule has 12 heteroatoms. The molecule has 0 unspecified atom stereocenters. The molecule has 0 radical (unpaired) electrons. The highest BCUT2D eigenvalue weighted by molar-refractivity contribution is 5.94. The van der Waals surface area contributed by atoms with E-state index in [1.807, 2.05) is 4.90 Å². The summed E-state index contributed by atoms with van der Waals surface area (Å²) in [6.07, 6.45) is 5.50. The van der Waals surface area contributed by atoms with Crippen LogP contribution in [0.2, 0.25) is 0 Å². The maximum atomic E-state index is 12.5. The number of hydrogen-bond acceptors (Lipinski definition) is 7. The minimum atomic E-state index is -5.08. The lowest BCUT2D eigenvalue weighted by molar-refractivity contribution is -0.192. The summed E-state index contributed by atoms with van der Waals surface area (Å²) in [5.41, 5.74) is 0.383. The maximum Gasteiger partial charge on any atom is 0.490 e. The molecular weight excluding hydrogens is 433 g/mol. The second-order valence-electron chi connectivity index (χ2n) is 7.56. The van der Waals surface area contributed by atoms with Gasteiger partial charge in [0, 0.05) is 25.5 Å². The van der Waals surface area contributed by atoms with Crippen molar-refractivity contribution in [2.24, 2.45) is 0 Å². The fourth-order valence-electron chi connectivity index (χ4n) is 3.75. The zero-order valence-corrected chi connectivity index (χ0v) is 17.0. The van der Waals surface area contributed by atoms with E-state index in [0.717, 1.165) is 32.2 Å². The molecule has 2 atom stereocenters. The van der Waals surface area contributed by atoms with Gasteiger partial charge in [-0.2, -0.15) is 13.2 Å². The third-order valence-electron chi connectivity index (χ3n) is 5.24. The summed E-state index contributed by atoms with van der Waals surface area (Å²) >= 11 is 0. The normalized spacial score (nSPS) is 22.8. The minimum absolute atomic E-state index is 0.0205. The molecule has 4 rings (SSSR count). The number of alkyl halides is 3. The van der Waals surface area contributed by atoms with Crippen molar-refractivity contribution in [2.75, 3.05) is 25.0 Å². The van der Waals surface area contributed by atoms with Crippen LogP contribution in [0, 0.1) is 0 Å². The molecule has 0 bridgehead atoms. The van der Waals surface area contributed by atoms with E-state index in [9.17, 15) is 18.0 Å². The largest absolute Gasteiger partial charge is 0.490 e. The van der Waals surface area contributed by atoms with Crippen LogP contribution in [0.3, 0.4) is 0 Å². The molecule has 0 aromatic carbocycles. The Morgan fingerprint density at radius 2 is 2.00 bits per heavy atom. The van der Waals surface area contributed by atoms with Gasteiger partial charge in [-0.15, -0.1) is 0 Å². The number of hydrogen-bond donors (Lipinski definition) is 2. The molecule has 0 saturated carbocycles. The average Bonchev–Trinajstić information content (AvgIpc) is 3.43. The van der Waals surface area contributed by atoms with Gasteiger partial charge in [-0.25, -0.2) is 14.8 Å². The van der Waals surface area contributed by atoms with Crippen LogP contribution in [-0.2, 0) is 9.53 Å². The highest BCUT2D eigenvalue weighted by Gasteiger charge is 2.44. The van der Waals surface area contributed by atoms with Gasteiger partial charge in [-0.1, -0.05) is 0 Å². The van der Waals surface area contributed by atoms with Crippen LogP contribution in [0.5, 0.6) is 0 Å². The third kappa shape index (κ3) is 6.19. The molecule has 32 heavy (non-hydrogen) atoms. The van der Waals surface area contributed by atoms with Crippen molar-refractivity contribution in [1.82, 2.24) is 14.9 Å². The summed E-state index contributed by atoms with van der Waals surface area (Å²) in [6.45, 7) is 2.06. The number of aromatic nitrogens is 2. The number of likely N-dealkylation sites (tertiary alicyclic amines) is 1. The Kier molecular flexibility index (Phi) is 7.33. The summed E-state index contributed by atoms with van der Waals surface area (Å²) in [5.74, 6) is -2.12.